The van der Waals surface area contributed by atoms with Crippen molar-refractivity contribution >= 4 is 29.1 Å². The third-order valence-electron chi connectivity index (χ3n) is 1.82. The van der Waals surface area contributed by atoms with Crippen molar-refractivity contribution in [1.29, 1.82) is 0 Å². The van der Waals surface area contributed by atoms with Gasteiger partial charge < -0.3 is 10.4 Å². The average molecular weight is 212 g/mol. The van der Waals surface area contributed by atoms with Gasteiger partial charge in [0.1, 0.15) is 10.4 Å². The van der Waals surface area contributed by atoms with E-state index in [2.05, 4.69) is 5.32 Å². The number of alkyl halides is 2. The summed E-state index contributed by atoms with van der Waals surface area (Å²) in [5.41, 5.74) is 0. The van der Waals surface area contributed by atoms with Crippen molar-refractivity contribution < 1.29 is 9.90 Å². The van der Waals surface area contributed by atoms with Crippen molar-refractivity contribution in [1.82, 2.24) is 5.32 Å². The summed E-state index contributed by atoms with van der Waals surface area (Å²) in [7, 11) is 0. The first-order valence-corrected chi connectivity index (χ1v) is 4.52. The molecule has 0 saturated heterocycles. The van der Waals surface area contributed by atoms with Gasteiger partial charge >= 0.3 is 0 Å². The average Bonchev–Trinajstić information content (AvgIpc) is 1.83. The number of hydrogen-bond acceptors (Lipinski definition) is 2. The summed E-state index contributed by atoms with van der Waals surface area (Å²) in [6, 6.07) is 0.0158. The number of amides is 1. The lowest BCUT2D eigenvalue weighted by atomic mass is 9.91. The van der Waals surface area contributed by atoms with Crippen LogP contribution in [0.4, 0.5) is 0 Å². The van der Waals surface area contributed by atoms with Gasteiger partial charge in [-0.1, -0.05) is 0 Å². The molecule has 12 heavy (non-hydrogen) atoms. The van der Waals surface area contributed by atoms with Gasteiger partial charge in [0.05, 0.1) is 0 Å². The van der Waals surface area contributed by atoms with Gasteiger partial charge in [0, 0.05) is 18.9 Å². The maximum absolute atomic E-state index is 10.9. The maximum atomic E-state index is 10.9. The monoisotopic (exact) mass is 211 g/mol. The largest absolute Gasteiger partial charge is 0.384 e. The Morgan fingerprint density at radius 1 is 1.67 bits per heavy atom. The standard InChI is InChI=1S/C7H11Cl2NO2/c1-4(11)6(12)10-5-2-7(8,9)3-5/h4-5,11H,2-3H2,1H3,(H,10,12). The summed E-state index contributed by atoms with van der Waals surface area (Å²) in [4.78, 5) is 10.9. The van der Waals surface area contributed by atoms with Gasteiger partial charge in [-0.25, -0.2) is 0 Å². The quantitative estimate of drug-likeness (QED) is 0.665. The lowest BCUT2D eigenvalue weighted by molar-refractivity contribution is -0.129. The van der Waals surface area contributed by atoms with Gasteiger partial charge in [0.2, 0.25) is 5.91 Å². The van der Waals surface area contributed by atoms with Crippen LogP contribution >= 0.6 is 23.2 Å². The van der Waals surface area contributed by atoms with Crippen LogP contribution in [-0.2, 0) is 4.79 Å². The van der Waals surface area contributed by atoms with Crippen LogP contribution in [0.1, 0.15) is 19.8 Å². The summed E-state index contributed by atoms with van der Waals surface area (Å²) < 4.78 is -0.684. The highest BCUT2D eigenvalue weighted by Gasteiger charge is 2.41. The predicted octanol–water partition coefficient (Wildman–Crippen LogP) is 0.820. The number of nitrogens with one attached hydrogen (secondary N) is 1. The minimum absolute atomic E-state index is 0.0158. The van der Waals surface area contributed by atoms with Gasteiger partial charge in [-0.2, -0.15) is 0 Å². The lowest BCUT2D eigenvalue weighted by Gasteiger charge is -2.38. The fourth-order valence-corrected chi connectivity index (χ4v) is 1.83. The third kappa shape index (κ3) is 2.51. The Morgan fingerprint density at radius 2 is 2.17 bits per heavy atom. The summed E-state index contributed by atoms with van der Waals surface area (Å²) >= 11 is 11.4. The van der Waals surface area contributed by atoms with Gasteiger partial charge in [-0.05, 0) is 6.92 Å². The maximum Gasteiger partial charge on any atom is 0.248 e. The van der Waals surface area contributed by atoms with E-state index in [0.29, 0.717) is 12.8 Å². The first-order valence-electron chi connectivity index (χ1n) is 3.77. The fourth-order valence-electron chi connectivity index (χ4n) is 1.09. The Labute approximate surface area is 81.0 Å². The number of aliphatic hydroxyl groups is 1. The molecule has 1 unspecified atom stereocenters. The van der Waals surface area contributed by atoms with E-state index >= 15 is 0 Å². The number of hydrogen-bond donors (Lipinski definition) is 2. The van der Waals surface area contributed by atoms with Gasteiger partial charge in [0.15, 0.2) is 0 Å². The van der Waals surface area contributed by atoms with Crippen LogP contribution in [0.5, 0.6) is 0 Å². The molecule has 3 nitrogen and oxygen atoms in total. The molecule has 1 rings (SSSR count). The van der Waals surface area contributed by atoms with E-state index < -0.39 is 10.4 Å². The first-order chi connectivity index (χ1) is 5.41. The van der Waals surface area contributed by atoms with E-state index in [1.54, 1.807) is 0 Å². The molecule has 0 aliphatic heterocycles. The van der Waals surface area contributed by atoms with Crippen LogP contribution in [0.25, 0.3) is 0 Å². The van der Waals surface area contributed by atoms with Crippen LogP contribution in [-0.4, -0.2) is 27.5 Å². The molecule has 0 aromatic rings. The van der Waals surface area contributed by atoms with Gasteiger partial charge in [0.25, 0.3) is 0 Å². The summed E-state index contributed by atoms with van der Waals surface area (Å²) in [5, 5.41) is 11.5. The minimum atomic E-state index is -0.967. The molecule has 0 aromatic carbocycles. The molecule has 0 radical (unpaired) electrons. The molecule has 1 saturated carbocycles. The molecule has 0 bridgehead atoms. The van der Waals surface area contributed by atoms with E-state index in [4.69, 9.17) is 28.3 Å². The number of carbonyl (C=O) groups is 1. The van der Waals surface area contributed by atoms with Gasteiger partial charge in [-0.15, -0.1) is 23.2 Å². The lowest BCUT2D eigenvalue weighted by Crippen LogP contribution is -2.51. The Bertz CT molecular complexity index is 186. The van der Waals surface area contributed by atoms with Crippen LogP contribution < -0.4 is 5.32 Å². The summed E-state index contributed by atoms with van der Waals surface area (Å²) in [5.74, 6) is -0.371. The zero-order chi connectivity index (χ0) is 9.35. The molecule has 70 valence electrons. The molecule has 5 heteroatoms. The molecular formula is C7H11Cl2NO2. The summed E-state index contributed by atoms with van der Waals surface area (Å²) in [6.07, 6.45) is 0.133. The van der Waals surface area contributed by atoms with Crippen LogP contribution in [0.2, 0.25) is 0 Å². The Hall–Kier alpha value is 0.01000. The van der Waals surface area contributed by atoms with Crippen molar-refractivity contribution in [3.63, 3.8) is 0 Å². The van der Waals surface area contributed by atoms with Crippen molar-refractivity contribution in [2.45, 2.75) is 36.2 Å². The Morgan fingerprint density at radius 3 is 2.50 bits per heavy atom. The van der Waals surface area contributed by atoms with E-state index in [0.717, 1.165) is 0 Å². The van der Waals surface area contributed by atoms with E-state index in [1.807, 2.05) is 0 Å². The van der Waals surface area contributed by atoms with E-state index in [9.17, 15) is 4.79 Å². The second-order valence-corrected chi connectivity index (χ2v) is 4.79. The molecule has 1 aliphatic carbocycles. The minimum Gasteiger partial charge on any atom is -0.384 e. The van der Waals surface area contributed by atoms with Crippen molar-refractivity contribution in [2.24, 2.45) is 0 Å². The molecule has 1 amide bonds. The molecular weight excluding hydrogens is 201 g/mol. The molecule has 2 N–H and O–H groups in total. The topological polar surface area (TPSA) is 49.3 Å². The molecule has 0 spiro atoms. The zero-order valence-corrected chi connectivity index (χ0v) is 8.19. The Kier molecular flexibility index (Phi) is 2.86. The number of carbonyl (C=O) groups excluding carboxylic acids is 1. The predicted molar refractivity (Wildman–Crippen MR) is 47.3 cm³/mol. The number of rotatable bonds is 2. The molecule has 0 aromatic heterocycles. The fraction of sp³-hybridized carbons (Fsp3) is 0.857. The second-order valence-electron chi connectivity index (χ2n) is 3.15. The van der Waals surface area contributed by atoms with E-state index in [-0.39, 0.29) is 11.9 Å². The molecule has 1 aliphatic rings. The van der Waals surface area contributed by atoms with Crippen LogP contribution in [0.15, 0.2) is 0 Å². The van der Waals surface area contributed by atoms with Crippen molar-refractivity contribution in [2.75, 3.05) is 0 Å². The van der Waals surface area contributed by atoms with Crippen molar-refractivity contribution in [3.8, 4) is 0 Å². The van der Waals surface area contributed by atoms with Crippen LogP contribution in [0.3, 0.4) is 0 Å². The second kappa shape index (κ2) is 3.40. The highest BCUT2D eigenvalue weighted by Crippen LogP contribution is 2.42. The number of aliphatic hydroxyl groups excluding tert-OH is 1. The van der Waals surface area contributed by atoms with E-state index in [1.165, 1.54) is 6.92 Å². The molecule has 0 heterocycles. The summed E-state index contributed by atoms with van der Waals surface area (Å²) in [6.45, 7) is 1.42. The molecule has 1 atom stereocenters. The first kappa shape index (κ1) is 10.1. The SMILES string of the molecule is CC(O)C(=O)NC1CC(Cl)(Cl)C1. The number of halogens is 2. The smallest absolute Gasteiger partial charge is 0.248 e. The normalized spacial score (nSPS) is 24.3. The van der Waals surface area contributed by atoms with Crippen molar-refractivity contribution in [3.05, 3.63) is 0 Å². The highest BCUT2D eigenvalue weighted by molar-refractivity contribution is 6.49. The third-order valence-corrected chi connectivity index (χ3v) is 2.43. The zero-order valence-electron chi connectivity index (χ0n) is 6.68. The molecule has 1 fully saturated rings. The highest BCUT2D eigenvalue weighted by atomic mass is 35.5. The Balaban J connectivity index is 2.23. The van der Waals surface area contributed by atoms with Gasteiger partial charge in [-0.3, -0.25) is 4.79 Å². The van der Waals surface area contributed by atoms with Crippen LogP contribution in [0, 0.1) is 0 Å².